The van der Waals surface area contributed by atoms with Crippen molar-refractivity contribution in [3.8, 4) is 0 Å². The van der Waals surface area contributed by atoms with E-state index in [-0.39, 0.29) is 0 Å². The molecule has 1 aromatic heterocycles. The van der Waals surface area contributed by atoms with Crippen molar-refractivity contribution in [1.29, 1.82) is 0 Å². The van der Waals surface area contributed by atoms with Gasteiger partial charge in [0, 0.05) is 36.8 Å². The zero-order valence-corrected chi connectivity index (χ0v) is 12.3. The van der Waals surface area contributed by atoms with E-state index < -0.39 is 0 Å². The van der Waals surface area contributed by atoms with Crippen LogP contribution in [0, 0.1) is 0 Å². The van der Waals surface area contributed by atoms with Gasteiger partial charge in [-0.1, -0.05) is 24.3 Å². The van der Waals surface area contributed by atoms with E-state index in [1.807, 2.05) is 0 Å². The van der Waals surface area contributed by atoms with Crippen LogP contribution in [0.15, 0.2) is 36.7 Å². The van der Waals surface area contributed by atoms with E-state index in [1.165, 1.54) is 36.0 Å². The average Bonchev–Trinajstić information content (AvgIpc) is 2.92. The first-order valence-electron chi connectivity index (χ1n) is 8.11. The monoisotopic (exact) mass is 279 g/mol. The third-order valence-electron chi connectivity index (χ3n) is 5.04. The summed E-state index contributed by atoms with van der Waals surface area (Å²) in [6, 6.07) is 8.86. The van der Waals surface area contributed by atoms with Crippen molar-refractivity contribution in [3.05, 3.63) is 58.9 Å². The SMILES string of the molecule is O=C1CCCc2cn(CC3CCCc4ccccc43)cc21. The van der Waals surface area contributed by atoms with Gasteiger partial charge in [-0.25, -0.2) is 0 Å². The van der Waals surface area contributed by atoms with Crippen LogP contribution >= 0.6 is 0 Å². The Morgan fingerprint density at radius 3 is 2.76 bits per heavy atom. The number of hydrogen-bond acceptors (Lipinski definition) is 1. The minimum atomic E-state index is 0.332. The Kier molecular flexibility index (Phi) is 3.17. The first kappa shape index (κ1) is 12.9. The van der Waals surface area contributed by atoms with E-state index in [0.29, 0.717) is 11.7 Å². The number of benzene rings is 1. The second kappa shape index (κ2) is 5.18. The molecular weight excluding hydrogens is 258 g/mol. The summed E-state index contributed by atoms with van der Waals surface area (Å²) in [5, 5.41) is 0. The van der Waals surface area contributed by atoms with Crippen LogP contribution in [-0.2, 0) is 19.4 Å². The lowest BCUT2D eigenvalue weighted by Gasteiger charge is -2.25. The molecular formula is C19H21NO. The van der Waals surface area contributed by atoms with Crippen molar-refractivity contribution < 1.29 is 4.79 Å². The maximum absolute atomic E-state index is 12.0. The molecule has 1 heterocycles. The summed E-state index contributed by atoms with van der Waals surface area (Å²) in [7, 11) is 0. The van der Waals surface area contributed by atoms with Crippen LogP contribution in [0.3, 0.4) is 0 Å². The normalized spacial score (nSPS) is 21.0. The molecule has 108 valence electrons. The van der Waals surface area contributed by atoms with Crippen molar-refractivity contribution >= 4 is 5.78 Å². The molecule has 0 amide bonds. The smallest absolute Gasteiger partial charge is 0.164 e. The maximum Gasteiger partial charge on any atom is 0.164 e. The molecule has 2 aliphatic rings. The van der Waals surface area contributed by atoms with Gasteiger partial charge in [0.1, 0.15) is 0 Å². The molecule has 1 aromatic carbocycles. The molecule has 0 saturated carbocycles. The predicted molar refractivity (Wildman–Crippen MR) is 83.8 cm³/mol. The van der Waals surface area contributed by atoms with Crippen molar-refractivity contribution in [2.24, 2.45) is 0 Å². The topological polar surface area (TPSA) is 22.0 Å². The number of nitrogens with zero attached hydrogens (tertiary/aromatic N) is 1. The van der Waals surface area contributed by atoms with Crippen LogP contribution in [-0.4, -0.2) is 10.4 Å². The fraction of sp³-hybridized carbons (Fsp3) is 0.421. The number of rotatable bonds is 2. The lowest BCUT2D eigenvalue weighted by Crippen LogP contribution is -2.14. The second-order valence-electron chi connectivity index (χ2n) is 6.46. The van der Waals surface area contributed by atoms with Crippen LogP contribution in [0.25, 0.3) is 0 Å². The highest BCUT2D eigenvalue weighted by molar-refractivity contribution is 5.98. The number of carbonyl (C=O) groups excluding carboxylic acids is 1. The van der Waals surface area contributed by atoms with Crippen molar-refractivity contribution in [2.75, 3.05) is 0 Å². The average molecular weight is 279 g/mol. The van der Waals surface area contributed by atoms with Crippen LogP contribution in [0.5, 0.6) is 0 Å². The number of fused-ring (bicyclic) bond motifs is 2. The Hall–Kier alpha value is -1.83. The molecule has 2 heteroatoms. The summed E-state index contributed by atoms with van der Waals surface area (Å²) >= 11 is 0. The lowest BCUT2D eigenvalue weighted by molar-refractivity contribution is 0.0973. The zero-order valence-electron chi connectivity index (χ0n) is 12.3. The van der Waals surface area contributed by atoms with Gasteiger partial charge >= 0.3 is 0 Å². The van der Waals surface area contributed by atoms with Crippen LogP contribution in [0.4, 0.5) is 0 Å². The first-order chi connectivity index (χ1) is 10.3. The molecule has 0 spiro atoms. The summed E-state index contributed by atoms with van der Waals surface area (Å²) in [6.07, 6.45) is 10.9. The van der Waals surface area contributed by atoms with Crippen LogP contribution in [0.2, 0.25) is 0 Å². The standard InChI is InChI=1S/C19H21NO/c21-19-10-4-8-16-12-20(13-18(16)19)11-15-7-3-6-14-5-1-2-9-17(14)15/h1-2,5,9,12-13,15H,3-4,6-8,10-11H2. The van der Waals surface area contributed by atoms with Gasteiger partial charge in [0.2, 0.25) is 0 Å². The van der Waals surface area contributed by atoms with Gasteiger partial charge in [-0.05, 0) is 48.8 Å². The lowest BCUT2D eigenvalue weighted by atomic mass is 9.83. The van der Waals surface area contributed by atoms with Gasteiger partial charge in [-0.15, -0.1) is 0 Å². The molecule has 0 aliphatic heterocycles. The van der Waals surface area contributed by atoms with Gasteiger partial charge in [0.15, 0.2) is 5.78 Å². The van der Waals surface area contributed by atoms with Gasteiger partial charge in [0.25, 0.3) is 0 Å². The van der Waals surface area contributed by atoms with E-state index >= 15 is 0 Å². The number of aromatic nitrogens is 1. The summed E-state index contributed by atoms with van der Waals surface area (Å²) in [4.78, 5) is 12.0. The summed E-state index contributed by atoms with van der Waals surface area (Å²) in [5.74, 6) is 0.929. The number of ketones is 1. The van der Waals surface area contributed by atoms with E-state index in [1.54, 1.807) is 0 Å². The molecule has 1 unspecified atom stereocenters. The molecule has 21 heavy (non-hydrogen) atoms. The minimum Gasteiger partial charge on any atom is -0.353 e. The van der Waals surface area contributed by atoms with Crippen LogP contribution in [0.1, 0.15) is 58.6 Å². The molecule has 2 aliphatic carbocycles. The molecule has 2 aromatic rings. The Labute approximate surface area is 125 Å². The molecule has 0 N–H and O–H groups in total. The maximum atomic E-state index is 12.0. The van der Waals surface area contributed by atoms with E-state index in [2.05, 4.69) is 41.2 Å². The molecule has 0 fully saturated rings. The van der Waals surface area contributed by atoms with Crippen molar-refractivity contribution in [3.63, 3.8) is 0 Å². The largest absolute Gasteiger partial charge is 0.353 e. The van der Waals surface area contributed by atoms with E-state index in [9.17, 15) is 4.79 Å². The fourth-order valence-corrected chi connectivity index (χ4v) is 3.98. The predicted octanol–water partition coefficient (Wildman–Crippen LogP) is 4.13. The number of aryl methyl sites for hydroxylation is 2. The zero-order chi connectivity index (χ0) is 14.2. The highest BCUT2D eigenvalue weighted by Crippen LogP contribution is 2.33. The van der Waals surface area contributed by atoms with E-state index in [4.69, 9.17) is 0 Å². The molecule has 1 atom stereocenters. The van der Waals surface area contributed by atoms with Gasteiger partial charge < -0.3 is 4.57 Å². The second-order valence-corrected chi connectivity index (χ2v) is 6.46. The molecule has 0 radical (unpaired) electrons. The van der Waals surface area contributed by atoms with Crippen molar-refractivity contribution in [1.82, 2.24) is 4.57 Å². The van der Waals surface area contributed by atoms with Gasteiger partial charge in [-0.2, -0.15) is 0 Å². The summed E-state index contributed by atoms with van der Waals surface area (Å²) in [5.41, 5.74) is 5.27. The Morgan fingerprint density at radius 2 is 1.86 bits per heavy atom. The summed E-state index contributed by atoms with van der Waals surface area (Å²) in [6.45, 7) is 1.01. The quantitative estimate of drug-likeness (QED) is 0.810. The molecule has 0 saturated heterocycles. The van der Waals surface area contributed by atoms with E-state index in [0.717, 1.165) is 31.4 Å². The number of Topliss-reactive ketones (excluding diaryl/α,β-unsaturated/α-hetero) is 1. The fourth-order valence-electron chi connectivity index (χ4n) is 3.98. The molecule has 2 nitrogen and oxygen atoms in total. The molecule has 4 rings (SSSR count). The number of carbonyl (C=O) groups is 1. The van der Waals surface area contributed by atoms with Crippen molar-refractivity contribution in [2.45, 2.75) is 51.0 Å². The molecule has 0 bridgehead atoms. The highest BCUT2D eigenvalue weighted by Gasteiger charge is 2.23. The van der Waals surface area contributed by atoms with Gasteiger partial charge in [-0.3, -0.25) is 4.79 Å². The third kappa shape index (κ3) is 2.33. The third-order valence-corrected chi connectivity index (χ3v) is 5.04. The summed E-state index contributed by atoms with van der Waals surface area (Å²) < 4.78 is 2.26. The van der Waals surface area contributed by atoms with Gasteiger partial charge in [0.05, 0.1) is 0 Å². The number of hydrogen-bond donors (Lipinski definition) is 0. The Bertz CT molecular complexity index is 683. The highest BCUT2D eigenvalue weighted by atomic mass is 16.1. The Morgan fingerprint density at radius 1 is 1.00 bits per heavy atom. The minimum absolute atomic E-state index is 0.332. The Balaban J connectivity index is 1.61. The van der Waals surface area contributed by atoms with Crippen LogP contribution < -0.4 is 0 Å². The first-order valence-corrected chi connectivity index (χ1v) is 8.11.